The lowest BCUT2D eigenvalue weighted by molar-refractivity contribution is -0.143. The Balaban J connectivity index is 0.00000176. The molecule has 2 heterocycles. The quantitative estimate of drug-likeness (QED) is 0.640. The number of halogens is 1. The van der Waals surface area contributed by atoms with Crippen molar-refractivity contribution in [2.45, 2.75) is 6.04 Å². The van der Waals surface area contributed by atoms with Gasteiger partial charge in [0.1, 0.15) is 6.04 Å². The molecule has 2 saturated heterocycles. The van der Waals surface area contributed by atoms with Gasteiger partial charge in [-0.05, 0) is 5.56 Å². The topological polar surface area (TPSA) is 42.0 Å². The highest BCUT2D eigenvalue weighted by Gasteiger charge is 2.32. The zero-order chi connectivity index (χ0) is 14.5. The molecule has 2 fully saturated rings. The average molecular weight is 326 g/mol. The largest absolute Gasteiger partial charge is 1.00 e. The van der Waals surface area contributed by atoms with Crippen molar-refractivity contribution in [3.8, 4) is 0 Å². The Morgan fingerprint density at radius 2 is 1.45 bits per heavy atom. The van der Waals surface area contributed by atoms with Crippen molar-refractivity contribution in [2.24, 2.45) is 0 Å². The molecule has 1 aromatic rings. The van der Waals surface area contributed by atoms with Crippen LogP contribution in [0.15, 0.2) is 30.3 Å². The van der Waals surface area contributed by atoms with Gasteiger partial charge in [0.2, 0.25) is 5.91 Å². The van der Waals surface area contributed by atoms with Crippen LogP contribution < -0.4 is 12.4 Å². The molecule has 2 aliphatic rings. The van der Waals surface area contributed by atoms with Gasteiger partial charge in [-0.2, -0.15) is 0 Å². The molecule has 0 aromatic heterocycles. The van der Waals surface area contributed by atoms with E-state index in [0.29, 0.717) is 39.5 Å². The summed E-state index contributed by atoms with van der Waals surface area (Å²) < 4.78 is 10.8. The highest BCUT2D eigenvalue weighted by Crippen LogP contribution is 2.24. The van der Waals surface area contributed by atoms with E-state index in [2.05, 4.69) is 4.90 Å². The van der Waals surface area contributed by atoms with Crippen molar-refractivity contribution in [2.75, 3.05) is 52.6 Å². The SMILES string of the molecule is O=C(C(c1ccccc1)N1CCOCC1)N1CCOCC1.[Cl-]. The van der Waals surface area contributed by atoms with E-state index in [1.54, 1.807) is 0 Å². The molecule has 0 N–H and O–H groups in total. The van der Waals surface area contributed by atoms with Crippen molar-refractivity contribution in [1.29, 1.82) is 0 Å². The van der Waals surface area contributed by atoms with Gasteiger partial charge in [-0.1, -0.05) is 30.3 Å². The molecule has 2 aliphatic heterocycles. The third-order valence-corrected chi connectivity index (χ3v) is 4.08. The predicted octanol–water partition coefficient (Wildman–Crippen LogP) is -2.08. The molecule has 3 rings (SSSR count). The summed E-state index contributed by atoms with van der Waals surface area (Å²) in [6.07, 6.45) is 0. The van der Waals surface area contributed by atoms with Gasteiger partial charge >= 0.3 is 0 Å². The third-order valence-electron chi connectivity index (χ3n) is 4.08. The highest BCUT2D eigenvalue weighted by molar-refractivity contribution is 5.83. The molecule has 1 amide bonds. The minimum atomic E-state index is -0.201. The van der Waals surface area contributed by atoms with Crippen molar-refractivity contribution < 1.29 is 26.7 Å². The summed E-state index contributed by atoms with van der Waals surface area (Å²) in [5.74, 6) is 0.186. The van der Waals surface area contributed by atoms with E-state index in [1.807, 2.05) is 35.2 Å². The molecule has 1 aromatic carbocycles. The van der Waals surface area contributed by atoms with Crippen molar-refractivity contribution in [1.82, 2.24) is 9.80 Å². The lowest BCUT2D eigenvalue weighted by Crippen LogP contribution is -3.00. The standard InChI is InChI=1S/C16H22N2O3.ClH/c19-16(18-8-12-21-13-9-18)15(14-4-2-1-3-5-14)17-6-10-20-11-7-17;/h1-5,15H,6-13H2;1H/p-1. The predicted molar refractivity (Wildman–Crippen MR) is 79.0 cm³/mol. The average Bonchev–Trinajstić information content (AvgIpc) is 2.58. The Hall–Kier alpha value is -1.14. The molecule has 1 unspecified atom stereocenters. The molecule has 0 spiro atoms. The van der Waals surface area contributed by atoms with Gasteiger partial charge in [-0.25, -0.2) is 0 Å². The Labute approximate surface area is 137 Å². The minimum absolute atomic E-state index is 0. The van der Waals surface area contributed by atoms with Gasteiger partial charge in [-0.3, -0.25) is 9.69 Å². The number of hydrogen-bond acceptors (Lipinski definition) is 4. The van der Waals surface area contributed by atoms with Gasteiger partial charge in [0, 0.05) is 26.2 Å². The number of hydrogen-bond donors (Lipinski definition) is 0. The number of rotatable bonds is 3. The summed E-state index contributed by atoms with van der Waals surface area (Å²) in [4.78, 5) is 17.1. The summed E-state index contributed by atoms with van der Waals surface area (Å²) in [7, 11) is 0. The summed E-state index contributed by atoms with van der Waals surface area (Å²) in [5, 5.41) is 0. The maximum atomic E-state index is 13.0. The lowest BCUT2D eigenvalue weighted by atomic mass is 10.0. The second kappa shape index (κ2) is 8.48. The summed E-state index contributed by atoms with van der Waals surface area (Å²) >= 11 is 0. The fourth-order valence-electron chi connectivity index (χ4n) is 2.94. The lowest BCUT2D eigenvalue weighted by Gasteiger charge is -2.37. The zero-order valence-electron chi connectivity index (χ0n) is 12.6. The van der Waals surface area contributed by atoms with Crippen LogP contribution in [0.2, 0.25) is 0 Å². The van der Waals surface area contributed by atoms with Crippen LogP contribution in [0.3, 0.4) is 0 Å². The molecule has 0 saturated carbocycles. The van der Waals surface area contributed by atoms with E-state index in [-0.39, 0.29) is 24.4 Å². The second-order valence-electron chi connectivity index (χ2n) is 5.40. The van der Waals surface area contributed by atoms with Crippen LogP contribution in [0, 0.1) is 0 Å². The molecule has 0 bridgehead atoms. The van der Waals surface area contributed by atoms with Crippen LogP contribution in [0.25, 0.3) is 0 Å². The molecule has 1 atom stereocenters. The van der Waals surface area contributed by atoms with Gasteiger partial charge in [-0.15, -0.1) is 0 Å². The first kappa shape index (κ1) is 17.2. The third kappa shape index (κ3) is 3.98. The Morgan fingerprint density at radius 3 is 2.05 bits per heavy atom. The fourth-order valence-corrected chi connectivity index (χ4v) is 2.94. The maximum Gasteiger partial charge on any atom is 0.244 e. The molecular weight excluding hydrogens is 304 g/mol. The van der Waals surface area contributed by atoms with Crippen LogP contribution in [0.1, 0.15) is 11.6 Å². The first-order valence-electron chi connectivity index (χ1n) is 7.59. The van der Waals surface area contributed by atoms with E-state index in [0.717, 1.165) is 18.7 Å². The molecule has 6 heteroatoms. The van der Waals surface area contributed by atoms with E-state index < -0.39 is 0 Å². The van der Waals surface area contributed by atoms with Gasteiger partial charge in [0.15, 0.2) is 0 Å². The van der Waals surface area contributed by atoms with Crippen LogP contribution in [0.5, 0.6) is 0 Å². The number of benzene rings is 1. The Morgan fingerprint density at radius 1 is 0.909 bits per heavy atom. The number of amides is 1. The van der Waals surface area contributed by atoms with E-state index in [9.17, 15) is 4.79 Å². The van der Waals surface area contributed by atoms with E-state index in [4.69, 9.17) is 9.47 Å². The number of carbonyl (C=O) groups excluding carboxylic acids is 1. The van der Waals surface area contributed by atoms with Crippen molar-refractivity contribution >= 4 is 5.91 Å². The highest BCUT2D eigenvalue weighted by atomic mass is 35.5. The minimum Gasteiger partial charge on any atom is -1.00 e. The summed E-state index contributed by atoms with van der Waals surface area (Å²) in [6, 6.07) is 9.86. The molecular formula is C16H22ClN2O3-. The number of carbonyl (C=O) groups is 1. The van der Waals surface area contributed by atoms with E-state index >= 15 is 0 Å². The zero-order valence-corrected chi connectivity index (χ0v) is 13.4. The Kier molecular flexibility index (Phi) is 6.64. The molecule has 0 aliphatic carbocycles. The van der Waals surface area contributed by atoms with Crippen LogP contribution in [-0.4, -0.2) is 68.3 Å². The normalized spacial score (nSPS) is 21.0. The number of ether oxygens (including phenoxy) is 2. The molecule has 122 valence electrons. The first-order chi connectivity index (χ1) is 10.4. The number of nitrogens with zero attached hydrogens (tertiary/aromatic N) is 2. The smallest absolute Gasteiger partial charge is 0.244 e. The van der Waals surface area contributed by atoms with Crippen molar-refractivity contribution in [3.63, 3.8) is 0 Å². The van der Waals surface area contributed by atoms with E-state index in [1.165, 1.54) is 0 Å². The molecule has 0 radical (unpaired) electrons. The van der Waals surface area contributed by atoms with Gasteiger partial charge in [0.25, 0.3) is 0 Å². The maximum absolute atomic E-state index is 13.0. The molecule has 5 nitrogen and oxygen atoms in total. The van der Waals surface area contributed by atoms with Crippen LogP contribution in [0.4, 0.5) is 0 Å². The monoisotopic (exact) mass is 325 g/mol. The second-order valence-corrected chi connectivity index (χ2v) is 5.40. The first-order valence-corrected chi connectivity index (χ1v) is 7.59. The summed E-state index contributed by atoms with van der Waals surface area (Å²) in [6.45, 7) is 5.64. The Bertz CT molecular complexity index is 460. The molecule has 22 heavy (non-hydrogen) atoms. The fraction of sp³-hybridized carbons (Fsp3) is 0.562. The van der Waals surface area contributed by atoms with Gasteiger partial charge in [0.05, 0.1) is 26.4 Å². The van der Waals surface area contributed by atoms with Crippen LogP contribution >= 0.6 is 0 Å². The van der Waals surface area contributed by atoms with Crippen LogP contribution in [-0.2, 0) is 14.3 Å². The number of morpholine rings is 2. The van der Waals surface area contributed by atoms with Crippen molar-refractivity contribution in [3.05, 3.63) is 35.9 Å². The summed E-state index contributed by atoms with van der Waals surface area (Å²) in [5.41, 5.74) is 1.07. The van der Waals surface area contributed by atoms with Gasteiger partial charge < -0.3 is 26.8 Å².